The number of aryl methyl sites for hydroxylation is 1. The van der Waals surface area contributed by atoms with E-state index in [0.29, 0.717) is 5.75 Å². The zero-order chi connectivity index (χ0) is 17.2. The summed E-state index contributed by atoms with van der Waals surface area (Å²) < 4.78 is 32.5. The number of anilines is 1. The number of hydrogen-bond donors (Lipinski definition) is 2. The summed E-state index contributed by atoms with van der Waals surface area (Å²) in [5.74, 6) is -0.969. The van der Waals surface area contributed by atoms with Crippen molar-refractivity contribution >= 4 is 48.9 Å². The first-order chi connectivity index (χ1) is 10.8. The van der Waals surface area contributed by atoms with E-state index in [9.17, 15) is 18.3 Å². The van der Waals surface area contributed by atoms with Crippen LogP contribution in [0.5, 0.6) is 5.75 Å². The molecule has 0 saturated carbocycles. The molecular formula is C14H14BrNO5S2. The molecule has 0 unspecified atom stereocenters. The Morgan fingerprint density at radius 3 is 2.57 bits per heavy atom. The number of nitrogens with one attached hydrogen (secondary N) is 1. The van der Waals surface area contributed by atoms with E-state index in [-0.39, 0.29) is 19.9 Å². The first kappa shape index (κ1) is 17.8. The molecule has 23 heavy (non-hydrogen) atoms. The Balaban J connectivity index is 2.47. The number of methoxy groups -OCH3 is 1. The lowest BCUT2D eigenvalue weighted by Gasteiger charge is -2.13. The van der Waals surface area contributed by atoms with Crippen LogP contribution in [-0.2, 0) is 16.4 Å². The zero-order valence-electron chi connectivity index (χ0n) is 12.3. The number of aromatic carboxylic acids is 1. The van der Waals surface area contributed by atoms with Crippen LogP contribution in [0.3, 0.4) is 0 Å². The van der Waals surface area contributed by atoms with Crippen molar-refractivity contribution in [1.82, 2.24) is 0 Å². The largest absolute Gasteiger partial charge is 0.496 e. The second-order valence-corrected chi connectivity index (χ2v) is 8.36. The molecule has 1 heterocycles. The second kappa shape index (κ2) is 6.90. The summed E-state index contributed by atoms with van der Waals surface area (Å²) in [6, 6.07) is 6.09. The van der Waals surface area contributed by atoms with E-state index < -0.39 is 16.0 Å². The lowest BCUT2D eigenvalue weighted by atomic mass is 10.2. The van der Waals surface area contributed by atoms with Gasteiger partial charge in [-0.3, -0.25) is 4.72 Å². The van der Waals surface area contributed by atoms with Crippen molar-refractivity contribution in [2.75, 3.05) is 11.8 Å². The summed E-state index contributed by atoms with van der Waals surface area (Å²) >= 11 is 4.28. The molecule has 124 valence electrons. The number of benzene rings is 1. The molecule has 0 aliphatic heterocycles. The molecule has 2 N–H and O–H groups in total. The molecule has 0 amide bonds. The Hall–Kier alpha value is -1.58. The lowest BCUT2D eigenvalue weighted by Crippen LogP contribution is -2.15. The minimum absolute atomic E-state index is 0.0309. The van der Waals surface area contributed by atoms with Crippen LogP contribution in [-0.4, -0.2) is 26.6 Å². The molecule has 1 aromatic carbocycles. The van der Waals surface area contributed by atoms with Gasteiger partial charge < -0.3 is 9.84 Å². The van der Waals surface area contributed by atoms with Gasteiger partial charge in [-0.2, -0.15) is 0 Å². The Labute approximate surface area is 146 Å². The highest BCUT2D eigenvalue weighted by Gasteiger charge is 2.23. The quantitative estimate of drug-likeness (QED) is 0.745. The standard InChI is InChI=1S/C14H14BrNO5S2/c1-3-8-4-7-11(22-8)23(19,20)16-9-5-6-10(21-2)13(15)12(9)14(17)18/h4-7,16H,3H2,1-2H3,(H,17,18). The van der Waals surface area contributed by atoms with Crippen molar-refractivity contribution in [2.45, 2.75) is 17.6 Å². The molecule has 0 aliphatic carbocycles. The van der Waals surface area contributed by atoms with Crippen molar-refractivity contribution in [1.29, 1.82) is 0 Å². The van der Waals surface area contributed by atoms with Gasteiger partial charge in [0.25, 0.3) is 10.0 Å². The van der Waals surface area contributed by atoms with E-state index in [0.717, 1.165) is 22.6 Å². The molecule has 0 fully saturated rings. The zero-order valence-corrected chi connectivity index (χ0v) is 15.5. The van der Waals surface area contributed by atoms with Gasteiger partial charge in [0.05, 0.1) is 17.3 Å². The van der Waals surface area contributed by atoms with Gasteiger partial charge >= 0.3 is 5.97 Å². The number of sulfonamides is 1. The van der Waals surface area contributed by atoms with E-state index >= 15 is 0 Å². The average Bonchev–Trinajstić information content (AvgIpc) is 2.96. The summed E-state index contributed by atoms with van der Waals surface area (Å²) in [7, 11) is -2.46. The summed E-state index contributed by atoms with van der Waals surface area (Å²) in [6.07, 6.45) is 0.731. The maximum atomic E-state index is 12.4. The SMILES string of the molecule is CCc1ccc(S(=O)(=O)Nc2ccc(OC)c(Br)c2C(=O)O)s1. The van der Waals surface area contributed by atoms with Crippen molar-refractivity contribution in [3.05, 3.63) is 39.2 Å². The van der Waals surface area contributed by atoms with Crippen LogP contribution in [0.1, 0.15) is 22.2 Å². The average molecular weight is 420 g/mol. The van der Waals surface area contributed by atoms with Crippen LogP contribution < -0.4 is 9.46 Å². The molecule has 9 heteroatoms. The molecular weight excluding hydrogens is 406 g/mol. The van der Waals surface area contributed by atoms with Crippen LogP contribution in [0, 0.1) is 0 Å². The van der Waals surface area contributed by atoms with E-state index in [1.165, 1.54) is 25.3 Å². The molecule has 0 bridgehead atoms. The molecule has 0 spiro atoms. The molecule has 0 atom stereocenters. The van der Waals surface area contributed by atoms with Gasteiger partial charge in [0.15, 0.2) is 0 Å². The minimum atomic E-state index is -3.85. The number of carboxylic acids is 1. The number of carbonyl (C=O) groups is 1. The monoisotopic (exact) mass is 419 g/mol. The lowest BCUT2D eigenvalue weighted by molar-refractivity contribution is 0.0696. The molecule has 0 saturated heterocycles. The van der Waals surface area contributed by atoms with Crippen molar-refractivity contribution < 1.29 is 23.1 Å². The predicted molar refractivity (Wildman–Crippen MR) is 92.2 cm³/mol. The van der Waals surface area contributed by atoms with Gasteiger partial charge in [-0.15, -0.1) is 11.3 Å². The maximum absolute atomic E-state index is 12.4. The smallest absolute Gasteiger partial charge is 0.339 e. The van der Waals surface area contributed by atoms with Crippen LogP contribution in [0.15, 0.2) is 32.9 Å². The summed E-state index contributed by atoms with van der Waals surface area (Å²) in [5.41, 5.74) is -0.239. The third kappa shape index (κ3) is 3.67. The summed E-state index contributed by atoms with van der Waals surface area (Å²) in [4.78, 5) is 12.4. The van der Waals surface area contributed by atoms with Gasteiger partial charge in [0.1, 0.15) is 15.5 Å². The van der Waals surface area contributed by atoms with E-state index in [2.05, 4.69) is 20.7 Å². The molecule has 0 radical (unpaired) electrons. The van der Waals surface area contributed by atoms with E-state index in [1.54, 1.807) is 6.07 Å². The highest BCUT2D eigenvalue weighted by atomic mass is 79.9. The van der Waals surface area contributed by atoms with Gasteiger partial charge in [-0.25, -0.2) is 13.2 Å². The number of thiophene rings is 1. The molecule has 0 aliphatic rings. The van der Waals surface area contributed by atoms with Crippen molar-refractivity contribution in [3.63, 3.8) is 0 Å². The number of ether oxygens (including phenoxy) is 1. The minimum Gasteiger partial charge on any atom is -0.496 e. The topological polar surface area (TPSA) is 92.7 Å². The van der Waals surface area contributed by atoms with Crippen LogP contribution >= 0.6 is 27.3 Å². The number of halogens is 1. The fourth-order valence-electron chi connectivity index (χ4n) is 1.90. The number of carboxylic acid groups (broad SMARTS) is 1. The van der Waals surface area contributed by atoms with Crippen LogP contribution in [0.2, 0.25) is 0 Å². The molecule has 1 aromatic heterocycles. The number of rotatable bonds is 6. The predicted octanol–water partition coefficient (Wildman–Crippen LogP) is 3.58. The highest BCUT2D eigenvalue weighted by molar-refractivity contribution is 9.10. The van der Waals surface area contributed by atoms with Crippen LogP contribution in [0.25, 0.3) is 0 Å². The third-order valence-corrected chi connectivity index (χ3v) is 6.91. The van der Waals surface area contributed by atoms with Crippen molar-refractivity contribution in [3.8, 4) is 5.75 Å². The van der Waals surface area contributed by atoms with Gasteiger partial charge in [0, 0.05) is 4.88 Å². The fourth-order valence-corrected chi connectivity index (χ4v) is 4.94. The van der Waals surface area contributed by atoms with Gasteiger partial charge in [-0.1, -0.05) is 6.92 Å². The molecule has 2 rings (SSSR count). The van der Waals surface area contributed by atoms with Gasteiger partial charge in [0.2, 0.25) is 0 Å². The Bertz CT molecular complexity index is 845. The normalized spacial score (nSPS) is 11.3. The molecule has 6 nitrogen and oxygen atoms in total. The number of hydrogen-bond acceptors (Lipinski definition) is 5. The first-order valence-electron chi connectivity index (χ1n) is 6.51. The highest BCUT2D eigenvalue weighted by Crippen LogP contribution is 2.35. The second-order valence-electron chi connectivity index (χ2n) is 4.49. The van der Waals surface area contributed by atoms with Crippen LogP contribution in [0.4, 0.5) is 5.69 Å². The molecule has 2 aromatic rings. The van der Waals surface area contributed by atoms with E-state index in [4.69, 9.17) is 4.74 Å². The summed E-state index contributed by atoms with van der Waals surface area (Å²) in [6.45, 7) is 1.93. The Morgan fingerprint density at radius 2 is 2.04 bits per heavy atom. The summed E-state index contributed by atoms with van der Waals surface area (Å²) in [5, 5.41) is 9.36. The third-order valence-electron chi connectivity index (χ3n) is 3.03. The Morgan fingerprint density at radius 1 is 1.35 bits per heavy atom. The fraction of sp³-hybridized carbons (Fsp3) is 0.214. The van der Waals surface area contributed by atoms with E-state index in [1.807, 2.05) is 6.92 Å². The Kier molecular flexibility index (Phi) is 5.33. The first-order valence-corrected chi connectivity index (χ1v) is 9.60. The van der Waals surface area contributed by atoms with Crippen molar-refractivity contribution in [2.24, 2.45) is 0 Å². The van der Waals surface area contributed by atoms with Gasteiger partial charge in [-0.05, 0) is 46.6 Å². The maximum Gasteiger partial charge on any atom is 0.339 e.